The highest BCUT2D eigenvalue weighted by Crippen LogP contribution is 2.35. The number of aryl methyl sites for hydroxylation is 2. The first-order valence-electron chi connectivity index (χ1n) is 11.6. The number of fused-ring (bicyclic) bond motifs is 2. The van der Waals surface area contributed by atoms with Crippen molar-refractivity contribution in [2.75, 3.05) is 51.4 Å². The minimum atomic E-state index is -0.0924. The zero-order valence-electron chi connectivity index (χ0n) is 19.8. The second-order valence-corrected chi connectivity index (χ2v) is 9.66. The normalized spacial score (nSPS) is 14.6. The maximum Gasteiger partial charge on any atom is 0.263 e. The second-order valence-electron chi connectivity index (χ2n) is 8.68. The molecule has 1 aliphatic heterocycles. The topological polar surface area (TPSA) is 54.9 Å². The van der Waals surface area contributed by atoms with Crippen LogP contribution in [0.4, 0.5) is 5.13 Å². The highest BCUT2D eigenvalue weighted by molar-refractivity contribution is 7.22. The van der Waals surface area contributed by atoms with Crippen molar-refractivity contribution in [1.82, 2.24) is 9.88 Å². The number of rotatable bonds is 6. The van der Waals surface area contributed by atoms with Gasteiger partial charge in [-0.05, 0) is 47.9 Å². The third-order valence-electron chi connectivity index (χ3n) is 6.45. The Morgan fingerprint density at radius 3 is 2.50 bits per heavy atom. The van der Waals surface area contributed by atoms with E-state index in [1.807, 2.05) is 41.3 Å². The Bertz CT molecular complexity index is 1300. The lowest BCUT2D eigenvalue weighted by Gasteiger charge is -2.29. The predicted octanol–water partition coefficient (Wildman–Crippen LogP) is 5.05. The van der Waals surface area contributed by atoms with Gasteiger partial charge < -0.3 is 9.47 Å². The predicted molar refractivity (Wildman–Crippen MR) is 139 cm³/mol. The second kappa shape index (κ2) is 9.70. The van der Waals surface area contributed by atoms with Crippen molar-refractivity contribution in [1.29, 1.82) is 0 Å². The van der Waals surface area contributed by atoms with Crippen molar-refractivity contribution in [3.8, 4) is 5.75 Å². The zero-order valence-corrected chi connectivity index (χ0v) is 20.7. The maximum atomic E-state index is 14.1. The number of anilines is 1. The number of morpholine rings is 1. The average molecular weight is 476 g/mol. The van der Waals surface area contributed by atoms with Gasteiger partial charge in [-0.15, -0.1) is 0 Å². The van der Waals surface area contributed by atoms with Crippen LogP contribution in [0.15, 0.2) is 48.5 Å². The number of ether oxygens (including phenoxy) is 2. The van der Waals surface area contributed by atoms with E-state index < -0.39 is 0 Å². The molecule has 1 saturated heterocycles. The molecule has 1 aliphatic rings. The smallest absolute Gasteiger partial charge is 0.263 e. The van der Waals surface area contributed by atoms with Crippen molar-refractivity contribution in [2.45, 2.75) is 13.8 Å². The van der Waals surface area contributed by atoms with Gasteiger partial charge >= 0.3 is 0 Å². The molecule has 0 spiro atoms. The molecule has 2 heterocycles. The molecule has 1 amide bonds. The van der Waals surface area contributed by atoms with Crippen LogP contribution in [-0.2, 0) is 4.74 Å². The van der Waals surface area contributed by atoms with Crippen molar-refractivity contribution >= 4 is 43.4 Å². The summed E-state index contributed by atoms with van der Waals surface area (Å²) in [5, 5.41) is 2.78. The van der Waals surface area contributed by atoms with E-state index in [9.17, 15) is 4.79 Å². The summed E-state index contributed by atoms with van der Waals surface area (Å²) in [5.41, 5.74) is 3.81. The van der Waals surface area contributed by atoms with Gasteiger partial charge in [0.15, 0.2) is 5.13 Å². The number of benzene rings is 3. The van der Waals surface area contributed by atoms with E-state index in [4.69, 9.17) is 14.5 Å². The highest BCUT2D eigenvalue weighted by atomic mass is 32.1. The number of methoxy groups -OCH3 is 1. The van der Waals surface area contributed by atoms with Gasteiger partial charge in [-0.3, -0.25) is 14.6 Å². The summed E-state index contributed by atoms with van der Waals surface area (Å²) >= 11 is 1.58. The molecular weight excluding hydrogens is 446 g/mol. The van der Waals surface area contributed by atoms with Gasteiger partial charge in [-0.1, -0.05) is 47.7 Å². The Morgan fingerprint density at radius 1 is 1.09 bits per heavy atom. The molecule has 0 aliphatic carbocycles. The van der Waals surface area contributed by atoms with E-state index in [1.54, 1.807) is 18.4 Å². The van der Waals surface area contributed by atoms with Crippen molar-refractivity contribution < 1.29 is 14.3 Å². The van der Waals surface area contributed by atoms with Crippen LogP contribution in [0.1, 0.15) is 21.5 Å². The highest BCUT2D eigenvalue weighted by Gasteiger charge is 2.26. The Kier molecular flexibility index (Phi) is 6.50. The first-order valence-corrected chi connectivity index (χ1v) is 12.4. The molecule has 1 aromatic heterocycles. The van der Waals surface area contributed by atoms with Crippen LogP contribution >= 0.6 is 11.3 Å². The summed E-state index contributed by atoms with van der Waals surface area (Å²) in [6, 6.07) is 16.1. The van der Waals surface area contributed by atoms with Gasteiger partial charge in [0.05, 0.1) is 36.1 Å². The molecule has 3 aromatic carbocycles. The third kappa shape index (κ3) is 4.39. The monoisotopic (exact) mass is 475 g/mol. The first kappa shape index (κ1) is 22.8. The molecule has 6 nitrogen and oxygen atoms in total. The number of hydrogen-bond donors (Lipinski definition) is 0. The van der Waals surface area contributed by atoms with Crippen LogP contribution in [0.25, 0.3) is 21.0 Å². The molecule has 0 saturated carbocycles. The minimum absolute atomic E-state index is 0.0924. The molecule has 176 valence electrons. The van der Waals surface area contributed by atoms with Crippen LogP contribution in [0.5, 0.6) is 5.75 Å². The quantitative estimate of drug-likeness (QED) is 0.390. The number of nitrogens with zero attached hydrogens (tertiary/aromatic N) is 3. The lowest BCUT2D eigenvalue weighted by Crippen LogP contribution is -2.43. The fraction of sp³-hybridized carbons (Fsp3) is 0.333. The van der Waals surface area contributed by atoms with Crippen LogP contribution < -0.4 is 9.64 Å². The molecule has 0 atom stereocenters. The van der Waals surface area contributed by atoms with Gasteiger partial charge in [0.2, 0.25) is 0 Å². The fourth-order valence-corrected chi connectivity index (χ4v) is 5.55. The number of amides is 1. The first-order chi connectivity index (χ1) is 16.5. The number of carbonyl (C=O) groups is 1. The van der Waals surface area contributed by atoms with Gasteiger partial charge in [0.1, 0.15) is 5.75 Å². The van der Waals surface area contributed by atoms with Crippen LogP contribution in [0.3, 0.4) is 0 Å². The van der Waals surface area contributed by atoms with E-state index in [2.05, 4.69) is 30.9 Å². The average Bonchev–Trinajstić information content (AvgIpc) is 3.32. The SMILES string of the molecule is COc1cc2ccccc2cc1C(=O)N(CCN1CCOCC1)c1nc2c(C)ccc(C)c2s1. The number of thiazole rings is 1. The van der Waals surface area contributed by atoms with Crippen LogP contribution in [0, 0.1) is 13.8 Å². The Balaban J connectivity index is 1.56. The Morgan fingerprint density at radius 2 is 1.79 bits per heavy atom. The summed E-state index contributed by atoms with van der Waals surface area (Å²) in [7, 11) is 1.61. The molecule has 0 unspecified atom stereocenters. The standard InChI is InChI=1S/C27H29N3O3S/c1-18-8-9-19(2)25-24(18)28-27(34-25)30(11-10-29-12-14-33-15-13-29)26(31)22-16-20-6-4-5-7-21(20)17-23(22)32-3/h4-9,16-17H,10-15H2,1-3H3. The number of aromatic nitrogens is 1. The van der Waals surface area contributed by atoms with E-state index in [1.165, 1.54) is 5.56 Å². The third-order valence-corrected chi connectivity index (χ3v) is 7.66. The van der Waals surface area contributed by atoms with Gasteiger partial charge in [-0.25, -0.2) is 4.98 Å². The largest absolute Gasteiger partial charge is 0.496 e. The maximum absolute atomic E-state index is 14.1. The van der Waals surface area contributed by atoms with Gasteiger partial charge in [0, 0.05) is 26.2 Å². The fourth-order valence-electron chi connectivity index (χ4n) is 4.41. The zero-order chi connectivity index (χ0) is 23.7. The van der Waals surface area contributed by atoms with Gasteiger partial charge in [-0.2, -0.15) is 0 Å². The van der Waals surface area contributed by atoms with Gasteiger partial charge in [0.25, 0.3) is 5.91 Å². The van der Waals surface area contributed by atoms with Crippen molar-refractivity contribution in [3.05, 3.63) is 65.2 Å². The van der Waals surface area contributed by atoms with Crippen molar-refractivity contribution in [3.63, 3.8) is 0 Å². The summed E-state index contributed by atoms with van der Waals surface area (Å²) in [6.45, 7) is 8.68. The number of hydrogen-bond acceptors (Lipinski definition) is 6. The van der Waals surface area contributed by atoms with Crippen LogP contribution in [-0.4, -0.2) is 62.3 Å². The molecule has 34 heavy (non-hydrogen) atoms. The number of carbonyl (C=O) groups excluding carboxylic acids is 1. The molecule has 1 fully saturated rings. The summed E-state index contributed by atoms with van der Waals surface area (Å²) in [5.74, 6) is 0.485. The lowest BCUT2D eigenvalue weighted by atomic mass is 10.0. The van der Waals surface area contributed by atoms with E-state index in [-0.39, 0.29) is 5.91 Å². The molecular formula is C27H29N3O3S. The lowest BCUT2D eigenvalue weighted by molar-refractivity contribution is 0.0391. The molecule has 0 bridgehead atoms. The van der Waals surface area contributed by atoms with E-state index in [0.717, 1.165) is 64.5 Å². The summed E-state index contributed by atoms with van der Waals surface area (Å²) in [4.78, 5) is 23.2. The van der Waals surface area contributed by atoms with E-state index in [0.29, 0.717) is 17.9 Å². The minimum Gasteiger partial charge on any atom is -0.496 e. The molecule has 4 aromatic rings. The summed E-state index contributed by atoms with van der Waals surface area (Å²) < 4.78 is 12.3. The van der Waals surface area contributed by atoms with Crippen LogP contribution in [0.2, 0.25) is 0 Å². The molecule has 7 heteroatoms. The molecule has 0 radical (unpaired) electrons. The Labute approximate surface area is 203 Å². The van der Waals surface area contributed by atoms with Crippen molar-refractivity contribution in [2.24, 2.45) is 0 Å². The molecule has 0 N–H and O–H groups in total. The Hall–Kier alpha value is -3.00. The molecule has 5 rings (SSSR count). The van der Waals surface area contributed by atoms with E-state index >= 15 is 0 Å². The summed E-state index contributed by atoms with van der Waals surface area (Å²) in [6.07, 6.45) is 0.